The highest BCUT2D eigenvalue weighted by molar-refractivity contribution is 5.90. The summed E-state index contributed by atoms with van der Waals surface area (Å²) in [6.07, 6.45) is -8.65. The van der Waals surface area contributed by atoms with Crippen LogP contribution in [0.4, 0.5) is 28.4 Å². The van der Waals surface area contributed by atoms with E-state index in [2.05, 4.69) is 10.1 Å². The maximum atomic E-state index is 13.6. The Morgan fingerprint density at radius 2 is 1.97 bits per heavy atom. The number of alkyl halides is 3. The number of rotatable bonds is 5. The molecular weight excluding hydrogens is 425 g/mol. The quantitative estimate of drug-likeness (QED) is 0.613. The number of nitrogens with one attached hydrogen (secondary N) is 1. The summed E-state index contributed by atoms with van der Waals surface area (Å²) < 4.78 is 111. The van der Waals surface area contributed by atoms with Crippen LogP contribution in [0.3, 0.4) is 0 Å². The Hall–Kier alpha value is -3.23. The number of halogens is 3. The van der Waals surface area contributed by atoms with Crippen molar-refractivity contribution in [1.29, 1.82) is 0 Å². The van der Waals surface area contributed by atoms with Gasteiger partial charge in [-0.3, -0.25) is 4.90 Å². The molecule has 2 amide bonds. The number of amides is 2. The minimum absolute atomic E-state index is 0.170. The van der Waals surface area contributed by atoms with Crippen molar-refractivity contribution in [2.45, 2.75) is 51.4 Å². The summed E-state index contributed by atoms with van der Waals surface area (Å²) in [5.74, 6) is 0. The van der Waals surface area contributed by atoms with E-state index in [9.17, 15) is 22.8 Å². The molecule has 1 aliphatic heterocycles. The number of hydrogen-bond acceptors (Lipinski definition) is 4. The van der Waals surface area contributed by atoms with Crippen molar-refractivity contribution >= 4 is 17.9 Å². The Bertz CT molecular complexity index is 1220. The molecule has 0 fully saturated rings. The van der Waals surface area contributed by atoms with E-state index < -0.39 is 69.1 Å². The monoisotopic (exact) mass is 458 g/mol. The second-order valence-corrected chi connectivity index (χ2v) is 6.96. The minimum Gasteiger partial charge on any atom is -0.449 e. The minimum atomic E-state index is -4.83. The smallest absolute Gasteiger partial charge is 0.416 e. The summed E-state index contributed by atoms with van der Waals surface area (Å²) in [6, 6.07) is 7.97. The van der Waals surface area contributed by atoms with Crippen LogP contribution in [-0.2, 0) is 22.3 Å². The second kappa shape index (κ2) is 9.93. The van der Waals surface area contributed by atoms with Crippen LogP contribution >= 0.6 is 0 Å². The molecule has 0 spiro atoms. The molecule has 9 heteroatoms. The molecule has 0 unspecified atom stereocenters. The summed E-state index contributed by atoms with van der Waals surface area (Å²) >= 11 is 0. The maximum Gasteiger partial charge on any atom is 0.416 e. The van der Waals surface area contributed by atoms with Crippen LogP contribution in [0.2, 0.25) is 0 Å². The Balaban J connectivity index is 2.02. The van der Waals surface area contributed by atoms with Gasteiger partial charge in [-0.05, 0) is 49.0 Å². The van der Waals surface area contributed by atoms with Crippen molar-refractivity contribution in [3.8, 4) is 0 Å². The lowest BCUT2D eigenvalue weighted by molar-refractivity contribution is -0.137. The predicted octanol–water partition coefficient (Wildman–Crippen LogP) is 5.82. The average molecular weight is 459 g/mol. The maximum absolute atomic E-state index is 13.6. The fourth-order valence-electron chi connectivity index (χ4n) is 3.49. The van der Waals surface area contributed by atoms with Crippen LogP contribution in [0.5, 0.6) is 0 Å². The molecule has 0 radical (unpaired) electrons. The van der Waals surface area contributed by atoms with Gasteiger partial charge in [0, 0.05) is 14.3 Å². The molecule has 0 saturated carbocycles. The zero-order chi connectivity index (χ0) is 30.1. The van der Waals surface area contributed by atoms with E-state index in [1.165, 1.54) is 0 Å². The van der Waals surface area contributed by atoms with E-state index in [0.717, 1.165) is 6.07 Å². The highest BCUT2D eigenvalue weighted by atomic mass is 19.4. The van der Waals surface area contributed by atoms with Crippen LogP contribution in [0.25, 0.3) is 0 Å². The van der Waals surface area contributed by atoms with E-state index in [0.29, 0.717) is 22.6 Å². The molecule has 1 heterocycles. The highest BCUT2D eigenvalue weighted by Crippen LogP contribution is 2.42. The molecule has 0 aromatic heterocycles. The molecule has 1 N–H and O–H groups in total. The molecule has 6 nitrogen and oxygen atoms in total. The summed E-state index contributed by atoms with van der Waals surface area (Å²) in [5, 5.41) is 2.42. The van der Waals surface area contributed by atoms with Gasteiger partial charge < -0.3 is 14.8 Å². The number of fused-ring (bicyclic) bond motifs is 1. The van der Waals surface area contributed by atoms with Crippen molar-refractivity contribution in [2.24, 2.45) is 0 Å². The summed E-state index contributed by atoms with van der Waals surface area (Å²) in [6.45, 7) is -9.78. The second-order valence-electron chi connectivity index (χ2n) is 6.96. The molecule has 2 aromatic rings. The summed E-state index contributed by atoms with van der Waals surface area (Å²) in [7, 11) is 0. The van der Waals surface area contributed by atoms with Crippen LogP contribution < -0.4 is 10.2 Å². The van der Waals surface area contributed by atoms with Gasteiger partial charge in [0.1, 0.15) is 6.61 Å². The molecule has 32 heavy (non-hydrogen) atoms. The SMILES string of the molecule is [2H]C([2H])([2H])C[C@@H]1C[C@H](NC(=O)OCc2ccccc2)c2cc(C(F)(F)F)ccc2N1C(=O)OC([2H])([2H])C([2H])([2H])[2H]. The third-order valence-corrected chi connectivity index (χ3v) is 4.94. The lowest BCUT2D eigenvalue weighted by Gasteiger charge is -2.40. The first kappa shape index (κ1) is 14.8. The number of carbonyl (C=O) groups is 2. The first-order valence-corrected chi connectivity index (χ1v) is 9.49. The van der Waals surface area contributed by atoms with Gasteiger partial charge in [-0.15, -0.1) is 0 Å². The number of carbonyl (C=O) groups excluding carboxylic acids is 2. The lowest BCUT2D eigenvalue weighted by atomic mass is 9.89. The zero-order valence-corrected chi connectivity index (χ0v) is 16.6. The first-order valence-electron chi connectivity index (χ1n) is 13.5. The molecular formula is C23H25F3N2O4. The van der Waals surface area contributed by atoms with Gasteiger partial charge >= 0.3 is 18.4 Å². The third-order valence-electron chi connectivity index (χ3n) is 4.94. The van der Waals surface area contributed by atoms with Crippen molar-refractivity contribution < 1.29 is 43.2 Å². The average Bonchev–Trinajstić information content (AvgIpc) is 2.80. The molecule has 0 bridgehead atoms. The molecule has 2 aromatic carbocycles. The molecule has 172 valence electrons. The summed E-state index contributed by atoms with van der Waals surface area (Å²) in [5.41, 5.74) is -1.11. The van der Waals surface area contributed by atoms with Crippen LogP contribution in [-0.4, -0.2) is 24.8 Å². The van der Waals surface area contributed by atoms with E-state index in [1.54, 1.807) is 30.3 Å². The number of benzene rings is 2. The first-order chi connectivity index (χ1) is 18.3. The van der Waals surface area contributed by atoms with Crippen molar-refractivity contribution in [3.05, 3.63) is 65.2 Å². The van der Waals surface area contributed by atoms with Crippen molar-refractivity contribution in [3.63, 3.8) is 0 Å². The number of nitrogens with zero attached hydrogens (tertiary/aromatic N) is 1. The fraction of sp³-hybridized carbons (Fsp3) is 0.391. The number of ether oxygens (including phenoxy) is 2. The van der Waals surface area contributed by atoms with Crippen LogP contribution in [0.1, 0.15) is 60.2 Å². The topological polar surface area (TPSA) is 67.9 Å². The van der Waals surface area contributed by atoms with Gasteiger partial charge in [0.05, 0.1) is 26.6 Å². The number of hydrogen-bond donors (Lipinski definition) is 1. The largest absolute Gasteiger partial charge is 0.449 e. The van der Waals surface area contributed by atoms with Crippen LogP contribution in [0.15, 0.2) is 48.5 Å². The molecule has 3 rings (SSSR count). The Morgan fingerprint density at radius 1 is 1.19 bits per heavy atom. The van der Waals surface area contributed by atoms with E-state index >= 15 is 0 Å². The van der Waals surface area contributed by atoms with Gasteiger partial charge in [-0.2, -0.15) is 13.2 Å². The number of alkyl carbamates (subject to hydrolysis) is 1. The zero-order valence-electron chi connectivity index (χ0n) is 24.6. The number of anilines is 1. The molecule has 1 aliphatic rings. The van der Waals surface area contributed by atoms with E-state index in [1.807, 2.05) is 0 Å². The predicted molar refractivity (Wildman–Crippen MR) is 112 cm³/mol. The Morgan fingerprint density at radius 3 is 2.66 bits per heavy atom. The normalized spacial score (nSPS) is 22.9. The Labute approximate surface area is 195 Å². The van der Waals surface area contributed by atoms with E-state index in [4.69, 9.17) is 15.7 Å². The molecule has 0 aliphatic carbocycles. The molecule has 2 atom stereocenters. The van der Waals surface area contributed by atoms with Gasteiger partial charge in [0.2, 0.25) is 0 Å². The third kappa shape index (κ3) is 5.33. The van der Waals surface area contributed by atoms with Gasteiger partial charge in [-0.1, -0.05) is 37.2 Å². The van der Waals surface area contributed by atoms with Gasteiger partial charge in [0.25, 0.3) is 0 Å². The standard InChI is InChI=1S/C23H25F3N2O4/c1-3-17-13-19(27-21(29)32-14-15-8-6-5-7-9-15)18-12-16(23(24,25)26)10-11-20(18)28(17)22(30)31-4-2/h5-12,17,19H,3-4,13-14H2,1-2H3,(H,27,29)/t17-,19+/m1/s1/i1D3,2D3,4D2. The van der Waals surface area contributed by atoms with Crippen molar-refractivity contribution in [1.82, 2.24) is 5.32 Å². The lowest BCUT2D eigenvalue weighted by Crippen LogP contribution is -2.47. The molecule has 0 saturated heterocycles. The fourth-order valence-corrected chi connectivity index (χ4v) is 3.49. The van der Waals surface area contributed by atoms with Crippen molar-refractivity contribution in [2.75, 3.05) is 11.5 Å². The summed E-state index contributed by atoms with van der Waals surface area (Å²) in [4.78, 5) is 26.3. The van der Waals surface area contributed by atoms with Gasteiger partial charge in [-0.25, -0.2) is 9.59 Å². The van der Waals surface area contributed by atoms with Crippen LogP contribution in [0, 0.1) is 0 Å². The highest BCUT2D eigenvalue weighted by Gasteiger charge is 2.39. The van der Waals surface area contributed by atoms with E-state index in [-0.39, 0.29) is 17.9 Å². The Kier molecular flexibility index (Phi) is 4.58. The van der Waals surface area contributed by atoms with Gasteiger partial charge in [0.15, 0.2) is 0 Å².